The zero-order chi connectivity index (χ0) is 10.2. The summed E-state index contributed by atoms with van der Waals surface area (Å²) < 4.78 is 0. The van der Waals surface area contributed by atoms with Crippen LogP contribution in [0.1, 0.15) is 38.8 Å². The zero-order valence-corrected chi connectivity index (χ0v) is 8.80. The smallest absolute Gasteiger partial charge is 0.145 e. The van der Waals surface area contributed by atoms with Gasteiger partial charge in [-0.2, -0.15) is 5.10 Å². The topological polar surface area (TPSA) is 54.7 Å². The molecule has 1 aromatic rings. The predicted octanol–water partition coefficient (Wildman–Crippen LogP) is 2.59. The Kier molecular flexibility index (Phi) is 2.10. The molecule has 0 saturated carbocycles. The van der Waals surface area contributed by atoms with Gasteiger partial charge in [-0.05, 0) is 30.3 Å². The van der Waals surface area contributed by atoms with Gasteiger partial charge < -0.3 is 5.73 Å². The molecule has 0 aliphatic heterocycles. The molecule has 0 saturated heterocycles. The van der Waals surface area contributed by atoms with Crippen molar-refractivity contribution < 1.29 is 0 Å². The van der Waals surface area contributed by atoms with Gasteiger partial charge in [0.1, 0.15) is 5.82 Å². The molecule has 1 aliphatic carbocycles. The van der Waals surface area contributed by atoms with Crippen molar-refractivity contribution in [3.8, 4) is 0 Å². The highest BCUT2D eigenvalue weighted by molar-refractivity contribution is 5.65. The first-order valence-electron chi connectivity index (χ1n) is 5.07. The Balaban J connectivity index is 2.18. The van der Waals surface area contributed by atoms with Crippen molar-refractivity contribution in [2.75, 3.05) is 5.73 Å². The van der Waals surface area contributed by atoms with E-state index in [9.17, 15) is 0 Å². The molecule has 3 N–H and O–H groups in total. The summed E-state index contributed by atoms with van der Waals surface area (Å²) in [5.74, 6) is 0.575. The fourth-order valence-corrected chi connectivity index (χ4v) is 1.82. The van der Waals surface area contributed by atoms with Crippen molar-refractivity contribution in [1.82, 2.24) is 10.2 Å². The van der Waals surface area contributed by atoms with Crippen LogP contribution in [-0.4, -0.2) is 10.2 Å². The van der Waals surface area contributed by atoms with Crippen LogP contribution in [0.2, 0.25) is 0 Å². The zero-order valence-electron chi connectivity index (χ0n) is 8.80. The van der Waals surface area contributed by atoms with Crippen LogP contribution in [-0.2, 0) is 0 Å². The molecule has 0 fully saturated rings. The number of nitrogen functional groups attached to an aromatic ring is 1. The third-order valence-corrected chi connectivity index (χ3v) is 2.92. The van der Waals surface area contributed by atoms with E-state index in [4.69, 9.17) is 5.73 Å². The lowest BCUT2D eigenvalue weighted by molar-refractivity contribution is 0.334. The van der Waals surface area contributed by atoms with Crippen LogP contribution in [0.25, 0.3) is 5.57 Å². The van der Waals surface area contributed by atoms with Crippen molar-refractivity contribution >= 4 is 11.4 Å². The molecule has 0 radical (unpaired) electrons. The first-order valence-corrected chi connectivity index (χ1v) is 5.07. The fraction of sp³-hybridized carbons (Fsp3) is 0.545. The van der Waals surface area contributed by atoms with Gasteiger partial charge >= 0.3 is 0 Å². The molecule has 0 atom stereocenters. The molecular formula is C11H17N3. The van der Waals surface area contributed by atoms with E-state index in [0.717, 1.165) is 18.5 Å². The number of H-pyrrole nitrogens is 1. The van der Waals surface area contributed by atoms with Crippen LogP contribution in [0, 0.1) is 5.41 Å². The van der Waals surface area contributed by atoms with Gasteiger partial charge in [-0.1, -0.05) is 19.9 Å². The van der Waals surface area contributed by atoms with Crippen molar-refractivity contribution in [2.24, 2.45) is 5.41 Å². The third kappa shape index (κ3) is 1.81. The number of nitrogens with zero attached hydrogens (tertiary/aromatic N) is 1. The average Bonchev–Trinajstić information content (AvgIpc) is 2.52. The lowest BCUT2D eigenvalue weighted by Crippen LogP contribution is -2.14. The van der Waals surface area contributed by atoms with E-state index in [-0.39, 0.29) is 0 Å². The summed E-state index contributed by atoms with van der Waals surface area (Å²) in [6.45, 7) is 4.61. The van der Waals surface area contributed by atoms with E-state index in [2.05, 4.69) is 30.1 Å². The molecule has 14 heavy (non-hydrogen) atoms. The summed E-state index contributed by atoms with van der Waals surface area (Å²) in [5.41, 5.74) is 8.46. The van der Waals surface area contributed by atoms with Crippen molar-refractivity contribution in [2.45, 2.75) is 33.1 Å². The Morgan fingerprint density at radius 2 is 2.29 bits per heavy atom. The summed E-state index contributed by atoms with van der Waals surface area (Å²) in [7, 11) is 0. The van der Waals surface area contributed by atoms with Crippen LogP contribution in [0.5, 0.6) is 0 Å². The highest BCUT2D eigenvalue weighted by atomic mass is 15.2. The second-order valence-corrected chi connectivity index (χ2v) is 4.80. The second-order valence-electron chi connectivity index (χ2n) is 4.80. The maximum atomic E-state index is 5.57. The minimum Gasteiger partial charge on any atom is -0.382 e. The molecule has 1 aromatic heterocycles. The number of nitrogens with two attached hydrogens (primary N) is 1. The average molecular weight is 191 g/mol. The van der Waals surface area contributed by atoms with E-state index in [1.807, 2.05) is 6.07 Å². The number of anilines is 1. The highest BCUT2D eigenvalue weighted by Crippen LogP contribution is 2.37. The van der Waals surface area contributed by atoms with Crippen molar-refractivity contribution in [3.05, 3.63) is 17.8 Å². The first kappa shape index (κ1) is 9.31. The maximum Gasteiger partial charge on any atom is 0.145 e. The van der Waals surface area contributed by atoms with Gasteiger partial charge in [0.2, 0.25) is 0 Å². The number of rotatable bonds is 1. The first-order chi connectivity index (χ1) is 6.57. The van der Waals surface area contributed by atoms with Crippen LogP contribution in [0.4, 0.5) is 5.82 Å². The number of allylic oxidation sites excluding steroid dienone is 2. The van der Waals surface area contributed by atoms with E-state index < -0.39 is 0 Å². The van der Waals surface area contributed by atoms with Crippen LogP contribution < -0.4 is 5.73 Å². The minimum atomic E-state index is 0.453. The van der Waals surface area contributed by atoms with Gasteiger partial charge in [-0.15, -0.1) is 0 Å². The molecule has 2 rings (SSSR count). The molecule has 0 aromatic carbocycles. The fourth-order valence-electron chi connectivity index (χ4n) is 1.82. The molecular weight excluding hydrogens is 174 g/mol. The van der Waals surface area contributed by atoms with E-state index in [1.54, 1.807) is 0 Å². The number of hydrogen-bond donors (Lipinski definition) is 2. The predicted molar refractivity (Wildman–Crippen MR) is 58.6 cm³/mol. The monoisotopic (exact) mass is 191 g/mol. The third-order valence-electron chi connectivity index (χ3n) is 2.92. The largest absolute Gasteiger partial charge is 0.382 e. The molecule has 3 nitrogen and oxygen atoms in total. The Hall–Kier alpha value is -1.25. The molecule has 0 amide bonds. The minimum absolute atomic E-state index is 0.453. The standard InChI is InChI=1S/C11H17N3/c1-11(2)5-3-8(4-6-11)9-7-10(12)14-13-9/h3,7H,4-6H2,1-2H3,(H3,12,13,14). The van der Waals surface area contributed by atoms with Gasteiger partial charge in [-0.25, -0.2) is 0 Å². The molecule has 76 valence electrons. The van der Waals surface area contributed by atoms with Crippen molar-refractivity contribution in [3.63, 3.8) is 0 Å². The molecule has 0 spiro atoms. The summed E-state index contributed by atoms with van der Waals surface area (Å²) in [6.07, 6.45) is 5.80. The molecule has 1 heterocycles. The SMILES string of the molecule is CC1(C)CC=C(c2cc(N)n[nH]2)CC1. The molecule has 3 heteroatoms. The van der Waals surface area contributed by atoms with Gasteiger partial charge in [0.05, 0.1) is 5.69 Å². The Morgan fingerprint density at radius 3 is 2.79 bits per heavy atom. The summed E-state index contributed by atoms with van der Waals surface area (Å²) in [6, 6.07) is 1.91. The van der Waals surface area contributed by atoms with Gasteiger partial charge in [0, 0.05) is 6.07 Å². The van der Waals surface area contributed by atoms with Gasteiger partial charge in [-0.3, -0.25) is 5.10 Å². The van der Waals surface area contributed by atoms with E-state index in [1.165, 1.54) is 12.0 Å². The number of aromatic nitrogens is 2. The molecule has 0 unspecified atom stereocenters. The van der Waals surface area contributed by atoms with Gasteiger partial charge in [0.15, 0.2) is 0 Å². The number of nitrogens with one attached hydrogen (secondary N) is 1. The van der Waals surface area contributed by atoms with Gasteiger partial charge in [0.25, 0.3) is 0 Å². The second kappa shape index (κ2) is 3.15. The Bertz CT molecular complexity index is 360. The maximum absolute atomic E-state index is 5.57. The Morgan fingerprint density at radius 1 is 1.50 bits per heavy atom. The van der Waals surface area contributed by atoms with E-state index in [0.29, 0.717) is 11.2 Å². The normalized spacial score (nSPS) is 20.6. The summed E-state index contributed by atoms with van der Waals surface area (Å²) in [5, 5.41) is 6.90. The lowest BCUT2D eigenvalue weighted by Gasteiger charge is -2.28. The van der Waals surface area contributed by atoms with Crippen LogP contribution >= 0.6 is 0 Å². The highest BCUT2D eigenvalue weighted by Gasteiger charge is 2.22. The van der Waals surface area contributed by atoms with E-state index >= 15 is 0 Å². The molecule has 0 bridgehead atoms. The van der Waals surface area contributed by atoms with Crippen LogP contribution in [0.15, 0.2) is 12.1 Å². The Labute approximate surface area is 84.4 Å². The number of hydrogen-bond acceptors (Lipinski definition) is 2. The summed E-state index contributed by atoms with van der Waals surface area (Å²) in [4.78, 5) is 0. The van der Waals surface area contributed by atoms with Crippen molar-refractivity contribution in [1.29, 1.82) is 0 Å². The summed E-state index contributed by atoms with van der Waals surface area (Å²) >= 11 is 0. The lowest BCUT2D eigenvalue weighted by atomic mass is 9.78. The number of aromatic amines is 1. The quantitative estimate of drug-likeness (QED) is 0.716. The van der Waals surface area contributed by atoms with Crippen LogP contribution in [0.3, 0.4) is 0 Å². The molecule has 1 aliphatic rings.